The molecule has 0 heterocycles. The fraction of sp³-hybridized carbons (Fsp3) is 0.486. The molecule has 0 N–H and O–H groups in total. The van der Waals surface area contributed by atoms with Crippen LogP contribution in [0.4, 0.5) is 0 Å². The lowest BCUT2D eigenvalue weighted by Crippen LogP contribution is -2.11. The van der Waals surface area contributed by atoms with Gasteiger partial charge >= 0.3 is 0 Å². The summed E-state index contributed by atoms with van der Waals surface area (Å²) in [5.74, 6) is 0.819. The third kappa shape index (κ3) is 10.6. The van der Waals surface area contributed by atoms with E-state index in [4.69, 9.17) is 29.2 Å². The Labute approximate surface area is 242 Å². The molecular formula is C35H46OS2. The first-order valence-electron chi connectivity index (χ1n) is 14.9. The van der Waals surface area contributed by atoms with Crippen molar-refractivity contribution in [3.63, 3.8) is 0 Å². The van der Waals surface area contributed by atoms with Crippen molar-refractivity contribution < 1.29 is 4.74 Å². The van der Waals surface area contributed by atoms with Gasteiger partial charge in [0, 0.05) is 16.8 Å². The van der Waals surface area contributed by atoms with Crippen molar-refractivity contribution in [2.24, 2.45) is 0 Å². The molecule has 0 bridgehead atoms. The molecule has 0 unspecified atom stereocenters. The minimum atomic E-state index is 0.515. The summed E-state index contributed by atoms with van der Waals surface area (Å²) in [6.07, 6.45) is 22.9. The molecule has 2 aromatic carbocycles. The van der Waals surface area contributed by atoms with E-state index in [0.29, 0.717) is 11.5 Å². The number of rotatable bonds is 17. The highest BCUT2D eigenvalue weighted by atomic mass is 32.1. The number of unbranched alkanes of at least 4 members (excludes halogenated alkanes) is 10. The summed E-state index contributed by atoms with van der Waals surface area (Å²) in [5, 5.41) is 0.515. The predicted molar refractivity (Wildman–Crippen MR) is 173 cm³/mol. The number of benzene rings is 2. The highest BCUT2D eigenvalue weighted by molar-refractivity contribution is 7.81. The zero-order valence-electron chi connectivity index (χ0n) is 23.6. The van der Waals surface area contributed by atoms with Gasteiger partial charge in [0.2, 0.25) is 0 Å². The highest BCUT2D eigenvalue weighted by Gasteiger charge is 2.17. The molecule has 0 atom stereocenters. The molecule has 0 amide bonds. The number of aryl methyl sites for hydroxylation is 2. The number of ether oxygens (including phenoxy) is 1. The Morgan fingerprint density at radius 1 is 0.658 bits per heavy atom. The number of allylic oxidation sites excluding steroid dienone is 4. The highest BCUT2D eigenvalue weighted by Crippen LogP contribution is 2.27. The van der Waals surface area contributed by atoms with E-state index in [1.165, 1.54) is 93.7 Å². The van der Waals surface area contributed by atoms with Gasteiger partial charge in [-0.3, -0.25) is 0 Å². The zero-order valence-corrected chi connectivity index (χ0v) is 25.2. The quantitative estimate of drug-likeness (QED) is 0.144. The van der Waals surface area contributed by atoms with Crippen LogP contribution in [0.5, 0.6) is 0 Å². The average Bonchev–Trinajstić information content (AvgIpc) is 2.93. The van der Waals surface area contributed by atoms with Crippen molar-refractivity contribution in [3.05, 3.63) is 88.7 Å². The van der Waals surface area contributed by atoms with Gasteiger partial charge in [0.25, 0.3) is 0 Å². The van der Waals surface area contributed by atoms with Crippen molar-refractivity contribution in [3.8, 4) is 0 Å². The van der Waals surface area contributed by atoms with Gasteiger partial charge in [-0.15, -0.1) is 0 Å². The third-order valence-electron chi connectivity index (χ3n) is 7.39. The third-order valence-corrected chi connectivity index (χ3v) is 8.07. The lowest BCUT2D eigenvalue weighted by atomic mass is 9.94. The molecule has 3 heteroatoms. The van der Waals surface area contributed by atoms with E-state index in [2.05, 4.69) is 68.5 Å². The van der Waals surface area contributed by atoms with E-state index < -0.39 is 0 Å². The van der Waals surface area contributed by atoms with Crippen molar-refractivity contribution >= 4 is 39.9 Å². The average molecular weight is 547 g/mol. The Kier molecular flexibility index (Phi) is 14.0. The maximum absolute atomic E-state index is 6.07. The number of hydrogen-bond donors (Lipinski definition) is 0. The van der Waals surface area contributed by atoms with Gasteiger partial charge in [0.05, 0.1) is 0 Å². The Balaban J connectivity index is 1.46. The minimum absolute atomic E-state index is 0.515. The smallest absolute Gasteiger partial charge is 0.197 e. The van der Waals surface area contributed by atoms with Crippen molar-refractivity contribution in [2.75, 3.05) is 0 Å². The van der Waals surface area contributed by atoms with Crippen molar-refractivity contribution in [1.82, 2.24) is 0 Å². The summed E-state index contributed by atoms with van der Waals surface area (Å²) in [5.41, 5.74) is 6.03. The Morgan fingerprint density at radius 2 is 1.16 bits per heavy atom. The van der Waals surface area contributed by atoms with Crippen molar-refractivity contribution in [2.45, 2.75) is 110 Å². The molecule has 2 aromatic rings. The van der Waals surface area contributed by atoms with Crippen LogP contribution in [0.3, 0.4) is 0 Å². The molecule has 38 heavy (non-hydrogen) atoms. The summed E-state index contributed by atoms with van der Waals surface area (Å²) < 4.78 is 6.07. The molecule has 1 aliphatic carbocycles. The Hall–Kier alpha value is -2.10. The summed E-state index contributed by atoms with van der Waals surface area (Å²) in [4.78, 5) is 0.906. The molecule has 0 saturated carbocycles. The van der Waals surface area contributed by atoms with Crippen LogP contribution in [-0.2, 0) is 17.6 Å². The first kappa shape index (κ1) is 30.4. The zero-order chi connectivity index (χ0) is 27.0. The van der Waals surface area contributed by atoms with Crippen LogP contribution in [-0.4, -0.2) is 9.92 Å². The van der Waals surface area contributed by atoms with Gasteiger partial charge in [0.1, 0.15) is 5.76 Å². The van der Waals surface area contributed by atoms with Crippen LogP contribution in [0.25, 0.3) is 5.57 Å². The summed E-state index contributed by atoms with van der Waals surface area (Å²) in [7, 11) is 0. The van der Waals surface area contributed by atoms with Crippen LogP contribution in [0.2, 0.25) is 0 Å². The normalized spacial score (nSPS) is 13.3. The second kappa shape index (κ2) is 17.5. The van der Waals surface area contributed by atoms with Gasteiger partial charge < -0.3 is 4.74 Å². The van der Waals surface area contributed by atoms with Crippen LogP contribution in [0.1, 0.15) is 120 Å². The Bertz CT molecular complexity index is 1060. The molecule has 0 aliphatic heterocycles. The second-order valence-corrected chi connectivity index (χ2v) is 11.5. The van der Waals surface area contributed by atoms with Crippen LogP contribution in [0, 0.1) is 0 Å². The lowest BCUT2D eigenvalue weighted by Gasteiger charge is -2.18. The van der Waals surface area contributed by atoms with Crippen LogP contribution < -0.4 is 0 Å². The van der Waals surface area contributed by atoms with Gasteiger partial charge in [0.15, 0.2) is 5.05 Å². The largest absolute Gasteiger partial charge is 0.449 e. The van der Waals surface area contributed by atoms with Gasteiger partial charge in [-0.05, 0) is 72.3 Å². The van der Waals surface area contributed by atoms with Crippen LogP contribution >= 0.6 is 24.4 Å². The van der Waals surface area contributed by atoms with E-state index in [0.717, 1.165) is 34.6 Å². The first-order valence-corrected chi connectivity index (χ1v) is 15.8. The molecule has 1 aliphatic rings. The summed E-state index contributed by atoms with van der Waals surface area (Å²) >= 11 is 11.4. The molecule has 0 spiro atoms. The predicted octanol–water partition coefficient (Wildman–Crippen LogP) is 10.9. The Morgan fingerprint density at radius 3 is 1.68 bits per heavy atom. The van der Waals surface area contributed by atoms with E-state index in [9.17, 15) is 0 Å². The topological polar surface area (TPSA) is 9.23 Å². The fourth-order valence-electron chi connectivity index (χ4n) is 4.96. The van der Waals surface area contributed by atoms with E-state index in [1.54, 1.807) is 0 Å². The maximum Gasteiger partial charge on any atom is 0.197 e. The van der Waals surface area contributed by atoms with Gasteiger partial charge in [-0.1, -0.05) is 139 Å². The summed E-state index contributed by atoms with van der Waals surface area (Å²) in [6, 6.07) is 17.5. The molecule has 0 aromatic heterocycles. The molecule has 0 radical (unpaired) electrons. The maximum atomic E-state index is 6.07. The van der Waals surface area contributed by atoms with E-state index in [1.807, 2.05) is 6.08 Å². The molecule has 3 rings (SSSR count). The van der Waals surface area contributed by atoms with Gasteiger partial charge in [-0.25, -0.2) is 0 Å². The molecule has 0 saturated heterocycles. The fourth-order valence-corrected chi connectivity index (χ4v) is 5.54. The van der Waals surface area contributed by atoms with E-state index >= 15 is 0 Å². The summed E-state index contributed by atoms with van der Waals surface area (Å²) in [6.45, 7) is 4.53. The molecular weight excluding hydrogens is 501 g/mol. The number of thiocarbonyl (C=S) groups is 2. The second-order valence-electron chi connectivity index (χ2n) is 10.6. The molecule has 204 valence electrons. The van der Waals surface area contributed by atoms with Gasteiger partial charge in [-0.2, -0.15) is 0 Å². The monoisotopic (exact) mass is 546 g/mol. The van der Waals surface area contributed by atoms with E-state index in [-0.39, 0.29) is 0 Å². The minimum Gasteiger partial charge on any atom is -0.449 e. The first-order chi connectivity index (χ1) is 18.6. The standard InChI is InChI=1S/C35H46OS2/c1-3-5-7-9-11-13-15-28-17-21-30(22-18-28)33-26-25-32(27-34(33)37)36-35(38)31-23-19-29(20-24-31)16-14-12-10-8-6-4-2/h17-26H,3-16,27H2,1-2H3. The number of hydrogen-bond acceptors (Lipinski definition) is 3. The van der Waals surface area contributed by atoms with Crippen LogP contribution in [0.15, 0.2) is 66.4 Å². The molecule has 1 nitrogen and oxygen atoms in total. The van der Waals surface area contributed by atoms with Crippen molar-refractivity contribution in [1.29, 1.82) is 0 Å². The SMILES string of the molecule is CCCCCCCCc1ccc(C(=S)OC2=CC=C(c3ccc(CCCCCCCC)cc3)C(=S)C2)cc1. The lowest BCUT2D eigenvalue weighted by molar-refractivity contribution is 0.421. The molecule has 0 fully saturated rings.